The Morgan fingerprint density at radius 2 is 2.00 bits per heavy atom. The zero-order chi connectivity index (χ0) is 12.1. The molecule has 1 rings (SSSR count). The van der Waals surface area contributed by atoms with Crippen molar-refractivity contribution < 1.29 is 4.42 Å². The number of hydrogen-bond donors (Lipinski definition) is 1. The number of furan rings is 1. The normalized spacial score (nSPS) is 15.7. The molecule has 1 aromatic rings. The predicted octanol–water partition coefficient (Wildman–Crippen LogP) is 2.52. The van der Waals surface area contributed by atoms with E-state index in [2.05, 4.69) is 45.1 Å². The standard InChI is InChI=1S/C13H24N2O/c1-10(2)13(8-15(4)5)14-11(3)12-6-7-16-9-12/h6-7,9-11,13-14H,8H2,1-5H3. The zero-order valence-corrected chi connectivity index (χ0v) is 11.0. The minimum atomic E-state index is 0.339. The van der Waals surface area contributed by atoms with Gasteiger partial charge in [0.05, 0.1) is 12.5 Å². The summed E-state index contributed by atoms with van der Waals surface area (Å²) in [5, 5.41) is 3.65. The number of nitrogens with one attached hydrogen (secondary N) is 1. The van der Waals surface area contributed by atoms with Gasteiger partial charge >= 0.3 is 0 Å². The second-order valence-corrected chi connectivity index (χ2v) is 5.06. The third kappa shape index (κ3) is 3.99. The van der Waals surface area contributed by atoms with Crippen molar-refractivity contribution in [3.8, 4) is 0 Å². The van der Waals surface area contributed by atoms with E-state index in [1.54, 1.807) is 6.26 Å². The minimum absolute atomic E-state index is 0.339. The summed E-state index contributed by atoms with van der Waals surface area (Å²) < 4.78 is 5.11. The summed E-state index contributed by atoms with van der Waals surface area (Å²) in [5.74, 6) is 0.622. The molecule has 0 aliphatic carbocycles. The van der Waals surface area contributed by atoms with E-state index in [1.807, 2.05) is 12.3 Å². The third-order valence-corrected chi connectivity index (χ3v) is 2.87. The molecule has 0 saturated heterocycles. The molecule has 16 heavy (non-hydrogen) atoms. The van der Waals surface area contributed by atoms with Gasteiger partial charge in [0.25, 0.3) is 0 Å². The quantitative estimate of drug-likeness (QED) is 0.805. The van der Waals surface area contributed by atoms with Gasteiger partial charge in [0.1, 0.15) is 0 Å². The molecule has 0 aliphatic rings. The van der Waals surface area contributed by atoms with Gasteiger partial charge in [0.2, 0.25) is 0 Å². The molecule has 0 radical (unpaired) electrons. The molecular weight excluding hydrogens is 200 g/mol. The van der Waals surface area contributed by atoms with E-state index in [-0.39, 0.29) is 0 Å². The molecule has 0 spiro atoms. The van der Waals surface area contributed by atoms with Crippen molar-refractivity contribution in [1.29, 1.82) is 0 Å². The molecule has 3 heteroatoms. The van der Waals surface area contributed by atoms with E-state index in [9.17, 15) is 0 Å². The lowest BCUT2D eigenvalue weighted by atomic mass is 10.0. The Morgan fingerprint density at radius 3 is 2.44 bits per heavy atom. The summed E-state index contributed by atoms with van der Waals surface area (Å²) in [5.41, 5.74) is 1.21. The molecule has 92 valence electrons. The maximum absolute atomic E-state index is 5.11. The van der Waals surface area contributed by atoms with Crippen molar-refractivity contribution in [2.45, 2.75) is 32.9 Å². The summed E-state index contributed by atoms with van der Waals surface area (Å²) in [4.78, 5) is 2.22. The minimum Gasteiger partial charge on any atom is -0.472 e. The van der Waals surface area contributed by atoms with Gasteiger partial charge in [0.15, 0.2) is 0 Å². The summed E-state index contributed by atoms with van der Waals surface area (Å²) in [6.45, 7) is 7.74. The van der Waals surface area contributed by atoms with Crippen LogP contribution in [0.15, 0.2) is 23.0 Å². The van der Waals surface area contributed by atoms with Crippen LogP contribution in [-0.2, 0) is 0 Å². The van der Waals surface area contributed by atoms with Crippen molar-refractivity contribution in [2.24, 2.45) is 5.92 Å². The number of likely N-dealkylation sites (N-methyl/N-ethyl adjacent to an activating group) is 1. The highest BCUT2D eigenvalue weighted by Crippen LogP contribution is 2.15. The first-order valence-corrected chi connectivity index (χ1v) is 5.93. The van der Waals surface area contributed by atoms with Crippen molar-refractivity contribution in [3.63, 3.8) is 0 Å². The topological polar surface area (TPSA) is 28.4 Å². The SMILES string of the molecule is CC(NC(CN(C)C)C(C)C)c1ccoc1. The lowest BCUT2D eigenvalue weighted by Gasteiger charge is -2.28. The van der Waals surface area contributed by atoms with E-state index in [4.69, 9.17) is 4.42 Å². The van der Waals surface area contributed by atoms with Crippen LogP contribution >= 0.6 is 0 Å². The molecule has 1 heterocycles. The van der Waals surface area contributed by atoms with Crippen LogP contribution in [0, 0.1) is 5.92 Å². The van der Waals surface area contributed by atoms with Gasteiger partial charge in [-0.15, -0.1) is 0 Å². The van der Waals surface area contributed by atoms with Gasteiger partial charge in [0, 0.05) is 24.2 Å². The van der Waals surface area contributed by atoms with Gasteiger partial charge < -0.3 is 14.6 Å². The molecule has 0 bridgehead atoms. The van der Waals surface area contributed by atoms with E-state index >= 15 is 0 Å². The summed E-state index contributed by atoms with van der Waals surface area (Å²) in [7, 11) is 4.22. The molecule has 0 amide bonds. The van der Waals surface area contributed by atoms with Gasteiger partial charge in [-0.25, -0.2) is 0 Å². The Labute approximate surface area is 98.8 Å². The van der Waals surface area contributed by atoms with Crippen LogP contribution in [0.4, 0.5) is 0 Å². The maximum Gasteiger partial charge on any atom is 0.0950 e. The largest absolute Gasteiger partial charge is 0.472 e. The number of hydrogen-bond acceptors (Lipinski definition) is 3. The van der Waals surface area contributed by atoms with Crippen molar-refractivity contribution in [3.05, 3.63) is 24.2 Å². The molecule has 0 aromatic carbocycles. The van der Waals surface area contributed by atoms with E-state index < -0.39 is 0 Å². The second kappa shape index (κ2) is 6.06. The first-order chi connectivity index (χ1) is 7.50. The van der Waals surface area contributed by atoms with Gasteiger partial charge in [-0.1, -0.05) is 13.8 Å². The first kappa shape index (κ1) is 13.3. The molecule has 0 aliphatic heterocycles. The summed E-state index contributed by atoms with van der Waals surface area (Å²) in [6, 6.07) is 2.86. The molecule has 0 fully saturated rings. The average Bonchev–Trinajstić information content (AvgIpc) is 2.68. The maximum atomic E-state index is 5.11. The molecule has 0 saturated carbocycles. The first-order valence-electron chi connectivity index (χ1n) is 5.93. The van der Waals surface area contributed by atoms with Crippen LogP contribution in [-0.4, -0.2) is 31.6 Å². The fourth-order valence-electron chi connectivity index (χ4n) is 1.79. The fraction of sp³-hybridized carbons (Fsp3) is 0.692. The fourth-order valence-corrected chi connectivity index (χ4v) is 1.79. The van der Waals surface area contributed by atoms with E-state index in [0.717, 1.165) is 6.54 Å². The van der Waals surface area contributed by atoms with Gasteiger partial charge in [-0.3, -0.25) is 0 Å². The highest BCUT2D eigenvalue weighted by molar-refractivity contribution is 5.10. The molecule has 3 nitrogen and oxygen atoms in total. The van der Waals surface area contributed by atoms with Crippen LogP contribution in [0.3, 0.4) is 0 Å². The lowest BCUT2D eigenvalue weighted by molar-refractivity contribution is 0.273. The van der Waals surface area contributed by atoms with E-state index in [1.165, 1.54) is 5.56 Å². The van der Waals surface area contributed by atoms with Crippen molar-refractivity contribution >= 4 is 0 Å². The average molecular weight is 224 g/mol. The molecule has 1 aromatic heterocycles. The molecule has 1 N–H and O–H groups in total. The monoisotopic (exact) mass is 224 g/mol. The van der Waals surface area contributed by atoms with Gasteiger partial charge in [-0.05, 0) is 33.0 Å². The Kier molecular flexibility index (Phi) is 5.03. The van der Waals surface area contributed by atoms with Crippen LogP contribution < -0.4 is 5.32 Å². The number of rotatable bonds is 6. The van der Waals surface area contributed by atoms with E-state index in [0.29, 0.717) is 18.0 Å². The Morgan fingerprint density at radius 1 is 1.31 bits per heavy atom. The van der Waals surface area contributed by atoms with Crippen molar-refractivity contribution in [2.75, 3.05) is 20.6 Å². The molecule has 2 atom stereocenters. The molecule has 2 unspecified atom stereocenters. The van der Waals surface area contributed by atoms with Crippen molar-refractivity contribution in [1.82, 2.24) is 10.2 Å². The highest BCUT2D eigenvalue weighted by Gasteiger charge is 2.17. The lowest BCUT2D eigenvalue weighted by Crippen LogP contribution is -2.43. The highest BCUT2D eigenvalue weighted by atomic mass is 16.3. The second-order valence-electron chi connectivity index (χ2n) is 5.06. The summed E-state index contributed by atoms with van der Waals surface area (Å²) >= 11 is 0. The Balaban J connectivity index is 2.54. The molecular formula is C13H24N2O. The van der Waals surface area contributed by atoms with Crippen LogP contribution in [0.1, 0.15) is 32.4 Å². The predicted molar refractivity (Wildman–Crippen MR) is 67.4 cm³/mol. The third-order valence-electron chi connectivity index (χ3n) is 2.87. The van der Waals surface area contributed by atoms with Crippen LogP contribution in [0.2, 0.25) is 0 Å². The Bertz CT molecular complexity index is 280. The van der Waals surface area contributed by atoms with Gasteiger partial charge in [-0.2, -0.15) is 0 Å². The van der Waals surface area contributed by atoms with Crippen LogP contribution in [0.25, 0.3) is 0 Å². The zero-order valence-electron chi connectivity index (χ0n) is 11.0. The summed E-state index contributed by atoms with van der Waals surface area (Å²) in [6.07, 6.45) is 3.54. The Hall–Kier alpha value is -0.800. The van der Waals surface area contributed by atoms with Crippen LogP contribution in [0.5, 0.6) is 0 Å². The number of nitrogens with zero attached hydrogens (tertiary/aromatic N) is 1. The smallest absolute Gasteiger partial charge is 0.0950 e.